The molecule has 3 nitrogen and oxygen atoms in total. The van der Waals surface area contributed by atoms with Crippen LogP contribution in [-0.4, -0.2) is 10.9 Å². The van der Waals surface area contributed by atoms with Crippen molar-refractivity contribution in [1.82, 2.24) is 4.98 Å². The molecule has 132 valence electrons. The van der Waals surface area contributed by atoms with Gasteiger partial charge < -0.3 is 0 Å². The fourth-order valence-electron chi connectivity index (χ4n) is 2.47. The summed E-state index contributed by atoms with van der Waals surface area (Å²) >= 11 is 4.97. The van der Waals surface area contributed by atoms with E-state index in [4.69, 9.17) is 0 Å². The van der Waals surface area contributed by atoms with Crippen LogP contribution in [0.5, 0.6) is 0 Å². The summed E-state index contributed by atoms with van der Waals surface area (Å²) in [4.78, 5) is 18.0. The zero-order valence-electron chi connectivity index (χ0n) is 14.6. The highest BCUT2D eigenvalue weighted by Crippen LogP contribution is 2.32. The van der Waals surface area contributed by atoms with Gasteiger partial charge in [0.1, 0.15) is 0 Å². The molecule has 2 aromatic carbocycles. The number of hydrogen-bond acceptors (Lipinski definition) is 3. The van der Waals surface area contributed by atoms with Gasteiger partial charge in [-0.15, -0.1) is 11.3 Å². The Morgan fingerprint density at radius 3 is 2.50 bits per heavy atom. The van der Waals surface area contributed by atoms with E-state index in [-0.39, 0.29) is 5.91 Å². The molecule has 0 aliphatic rings. The maximum Gasteiger partial charge on any atom is 0.250 e. The van der Waals surface area contributed by atoms with Gasteiger partial charge in [0.05, 0.1) is 5.69 Å². The zero-order valence-corrected chi connectivity index (χ0v) is 17.0. The van der Waals surface area contributed by atoms with E-state index in [0.29, 0.717) is 5.13 Å². The van der Waals surface area contributed by atoms with Gasteiger partial charge in [-0.05, 0) is 37.1 Å². The van der Waals surface area contributed by atoms with E-state index < -0.39 is 0 Å². The van der Waals surface area contributed by atoms with Crippen molar-refractivity contribution >= 4 is 44.4 Å². The van der Waals surface area contributed by atoms with Crippen molar-refractivity contribution in [3.8, 4) is 11.3 Å². The van der Waals surface area contributed by atoms with E-state index in [1.54, 1.807) is 6.08 Å². The molecule has 3 aromatic rings. The highest BCUT2D eigenvalue weighted by Gasteiger charge is 2.13. The van der Waals surface area contributed by atoms with Gasteiger partial charge in [0.15, 0.2) is 5.13 Å². The molecule has 0 saturated heterocycles. The van der Waals surface area contributed by atoms with Crippen molar-refractivity contribution in [2.75, 3.05) is 5.32 Å². The van der Waals surface area contributed by atoms with Gasteiger partial charge in [0.2, 0.25) is 5.91 Å². The Labute approximate surface area is 165 Å². The molecule has 0 spiro atoms. The molecule has 1 heterocycles. The van der Waals surface area contributed by atoms with Crippen LogP contribution < -0.4 is 5.32 Å². The fraction of sp³-hybridized carbons (Fsp3) is 0.143. The van der Waals surface area contributed by atoms with Crippen LogP contribution in [0.3, 0.4) is 0 Å². The predicted molar refractivity (Wildman–Crippen MR) is 113 cm³/mol. The second-order valence-corrected chi connectivity index (χ2v) is 7.88. The molecular weight excluding hydrogens is 408 g/mol. The minimum Gasteiger partial charge on any atom is -0.298 e. The van der Waals surface area contributed by atoms with E-state index in [9.17, 15) is 4.79 Å². The molecule has 0 aliphatic heterocycles. The van der Waals surface area contributed by atoms with Gasteiger partial charge in [-0.2, -0.15) is 0 Å². The summed E-state index contributed by atoms with van der Waals surface area (Å²) in [6.45, 7) is 4.13. The Hall–Kier alpha value is -2.24. The first-order chi connectivity index (χ1) is 12.5. The Morgan fingerprint density at radius 2 is 1.85 bits per heavy atom. The van der Waals surface area contributed by atoms with Crippen molar-refractivity contribution in [1.29, 1.82) is 0 Å². The molecule has 0 atom stereocenters. The third-order valence-electron chi connectivity index (χ3n) is 3.87. The molecule has 0 unspecified atom stereocenters. The Kier molecular flexibility index (Phi) is 6.01. The summed E-state index contributed by atoms with van der Waals surface area (Å²) in [5.74, 6) is -0.177. The number of aryl methyl sites for hydroxylation is 2. The molecule has 1 N–H and O–H groups in total. The summed E-state index contributed by atoms with van der Waals surface area (Å²) in [6, 6.07) is 16.1. The summed E-state index contributed by atoms with van der Waals surface area (Å²) in [7, 11) is 0. The maximum atomic E-state index is 12.2. The van der Waals surface area contributed by atoms with Crippen LogP contribution in [0.15, 0.2) is 59.1 Å². The van der Waals surface area contributed by atoms with Crippen molar-refractivity contribution in [2.45, 2.75) is 20.3 Å². The van der Waals surface area contributed by atoms with Crippen LogP contribution in [0, 0.1) is 6.92 Å². The topological polar surface area (TPSA) is 42.0 Å². The van der Waals surface area contributed by atoms with E-state index >= 15 is 0 Å². The van der Waals surface area contributed by atoms with Gasteiger partial charge in [-0.25, -0.2) is 4.98 Å². The van der Waals surface area contributed by atoms with Crippen molar-refractivity contribution in [3.05, 3.63) is 75.1 Å². The lowest BCUT2D eigenvalue weighted by molar-refractivity contribution is -0.111. The minimum atomic E-state index is -0.177. The molecule has 1 amide bonds. The number of amides is 1. The average molecular weight is 427 g/mol. The number of halogens is 1. The number of benzene rings is 2. The van der Waals surface area contributed by atoms with Crippen LogP contribution in [0.25, 0.3) is 17.3 Å². The number of carbonyl (C=O) groups excluding carboxylic acids is 1. The lowest BCUT2D eigenvalue weighted by atomic mass is 10.1. The standard InChI is InChI=1S/C21H19BrN2OS/c1-3-18-20(16-9-11-17(22)12-10-16)24-21(26-18)23-19(25)13-8-15-6-4-14(2)5-7-15/h4-13H,3H2,1-2H3,(H,23,24,25)/b13-8+. The van der Waals surface area contributed by atoms with Gasteiger partial charge in [-0.1, -0.05) is 64.8 Å². The number of hydrogen-bond donors (Lipinski definition) is 1. The number of aromatic nitrogens is 1. The van der Waals surface area contributed by atoms with Gasteiger partial charge >= 0.3 is 0 Å². The van der Waals surface area contributed by atoms with E-state index in [1.165, 1.54) is 23.0 Å². The first kappa shape index (κ1) is 18.5. The Morgan fingerprint density at radius 1 is 1.15 bits per heavy atom. The average Bonchev–Trinajstić information content (AvgIpc) is 3.04. The van der Waals surface area contributed by atoms with Gasteiger partial charge in [-0.3, -0.25) is 10.1 Å². The van der Waals surface area contributed by atoms with E-state index in [0.717, 1.165) is 32.6 Å². The monoisotopic (exact) mass is 426 g/mol. The minimum absolute atomic E-state index is 0.177. The van der Waals surface area contributed by atoms with Crippen LogP contribution >= 0.6 is 27.3 Å². The van der Waals surface area contributed by atoms with Crippen molar-refractivity contribution in [3.63, 3.8) is 0 Å². The van der Waals surface area contributed by atoms with Crippen LogP contribution in [-0.2, 0) is 11.2 Å². The summed E-state index contributed by atoms with van der Waals surface area (Å²) in [5, 5.41) is 3.50. The summed E-state index contributed by atoms with van der Waals surface area (Å²) in [6.07, 6.45) is 4.22. The molecule has 0 saturated carbocycles. The summed E-state index contributed by atoms with van der Waals surface area (Å²) < 4.78 is 1.03. The number of thiazole rings is 1. The lowest BCUT2D eigenvalue weighted by Crippen LogP contribution is -2.07. The lowest BCUT2D eigenvalue weighted by Gasteiger charge is -2.00. The fourth-order valence-corrected chi connectivity index (χ4v) is 3.67. The Balaban J connectivity index is 1.74. The smallest absolute Gasteiger partial charge is 0.250 e. The number of carbonyl (C=O) groups is 1. The Bertz CT molecular complexity index is 928. The molecule has 0 fully saturated rings. The summed E-state index contributed by atoms with van der Waals surface area (Å²) in [5.41, 5.74) is 4.18. The second kappa shape index (κ2) is 8.43. The van der Waals surface area contributed by atoms with Crippen LogP contribution in [0.4, 0.5) is 5.13 Å². The number of rotatable bonds is 5. The van der Waals surface area contributed by atoms with Crippen molar-refractivity contribution < 1.29 is 4.79 Å². The molecule has 5 heteroatoms. The quantitative estimate of drug-likeness (QED) is 0.501. The third kappa shape index (κ3) is 4.68. The normalized spacial score (nSPS) is 11.0. The first-order valence-corrected chi connectivity index (χ1v) is 9.97. The highest BCUT2D eigenvalue weighted by atomic mass is 79.9. The first-order valence-electron chi connectivity index (χ1n) is 8.36. The van der Waals surface area contributed by atoms with Crippen LogP contribution in [0.1, 0.15) is 22.9 Å². The SMILES string of the molecule is CCc1sc(NC(=O)/C=C/c2ccc(C)cc2)nc1-c1ccc(Br)cc1. The zero-order chi connectivity index (χ0) is 18.5. The number of nitrogens with one attached hydrogen (secondary N) is 1. The molecule has 1 aromatic heterocycles. The number of anilines is 1. The third-order valence-corrected chi connectivity index (χ3v) is 5.51. The largest absolute Gasteiger partial charge is 0.298 e. The molecule has 26 heavy (non-hydrogen) atoms. The van der Waals surface area contributed by atoms with E-state index in [2.05, 4.69) is 33.2 Å². The van der Waals surface area contributed by atoms with E-state index in [1.807, 2.05) is 55.5 Å². The van der Waals surface area contributed by atoms with Gasteiger partial charge in [0.25, 0.3) is 0 Å². The molecule has 3 rings (SSSR count). The number of nitrogens with zero attached hydrogens (tertiary/aromatic N) is 1. The molecular formula is C21H19BrN2OS. The molecule has 0 bridgehead atoms. The van der Waals surface area contributed by atoms with Gasteiger partial charge in [0, 0.05) is 21.0 Å². The predicted octanol–water partition coefficient (Wildman–Crippen LogP) is 6.10. The molecule has 0 aliphatic carbocycles. The van der Waals surface area contributed by atoms with Crippen molar-refractivity contribution in [2.24, 2.45) is 0 Å². The second-order valence-electron chi connectivity index (χ2n) is 5.88. The van der Waals surface area contributed by atoms with Crippen LogP contribution in [0.2, 0.25) is 0 Å². The maximum absolute atomic E-state index is 12.2. The molecule has 0 radical (unpaired) electrons. The highest BCUT2D eigenvalue weighted by molar-refractivity contribution is 9.10.